The summed E-state index contributed by atoms with van der Waals surface area (Å²) in [5.41, 5.74) is 9.97. The number of fused-ring (bicyclic) bond motifs is 1. The van der Waals surface area contributed by atoms with Crippen molar-refractivity contribution in [2.45, 2.75) is 33.7 Å². The number of hydrogen-bond acceptors (Lipinski definition) is 4. The summed E-state index contributed by atoms with van der Waals surface area (Å²) in [6.45, 7) is 7.72. The molecule has 0 radical (unpaired) electrons. The van der Waals surface area contributed by atoms with E-state index in [0.29, 0.717) is 5.71 Å². The molecule has 0 saturated carbocycles. The molecule has 0 amide bonds. The van der Waals surface area contributed by atoms with Gasteiger partial charge in [0.2, 0.25) is 0 Å². The molecule has 1 aromatic heterocycles. The second-order valence-electron chi connectivity index (χ2n) is 4.58. The Hall–Kier alpha value is -1.81. The number of rotatable bonds is 1. The first kappa shape index (κ1) is 12.6. The van der Waals surface area contributed by atoms with Gasteiger partial charge >= 0.3 is 0 Å². The van der Waals surface area contributed by atoms with Gasteiger partial charge in [0.1, 0.15) is 0 Å². The summed E-state index contributed by atoms with van der Waals surface area (Å²) in [7, 11) is 0. The number of nitrogens with one attached hydrogen (secondary N) is 1. The van der Waals surface area contributed by atoms with E-state index in [4.69, 9.17) is 11.1 Å². The summed E-state index contributed by atoms with van der Waals surface area (Å²) in [6.07, 6.45) is 3.79. The first-order valence-electron chi connectivity index (χ1n) is 6.00. The zero-order valence-corrected chi connectivity index (χ0v) is 11.2. The maximum Gasteiger partial charge on any atom is 0.0981 e. The van der Waals surface area contributed by atoms with E-state index in [0.717, 1.165) is 33.2 Å². The van der Waals surface area contributed by atoms with Crippen LogP contribution >= 0.6 is 0 Å². The zero-order chi connectivity index (χ0) is 13.4. The Bertz CT molecular complexity index is 668. The van der Waals surface area contributed by atoms with Crippen LogP contribution in [0.3, 0.4) is 0 Å². The number of nitrogens with two attached hydrogens (primary N) is 1. The number of aryl methyl sites for hydroxylation is 2. The van der Waals surface area contributed by atoms with Crippen molar-refractivity contribution in [2.24, 2.45) is 5.73 Å². The highest BCUT2D eigenvalue weighted by atomic mass is 14.8. The molecule has 0 bridgehead atoms. The number of allylic oxidation sites excluding steroid dienone is 2. The molecule has 18 heavy (non-hydrogen) atoms. The third kappa shape index (κ3) is 1.78. The van der Waals surface area contributed by atoms with Crippen LogP contribution < -0.4 is 16.4 Å². The minimum Gasteiger partial charge on any atom is -0.319 e. The largest absolute Gasteiger partial charge is 0.319 e. The van der Waals surface area contributed by atoms with E-state index in [2.05, 4.69) is 9.97 Å². The van der Waals surface area contributed by atoms with E-state index in [1.165, 1.54) is 0 Å². The summed E-state index contributed by atoms with van der Waals surface area (Å²) in [5, 5.41) is 9.75. The fourth-order valence-electron chi connectivity index (χ4n) is 2.06. The second-order valence-corrected chi connectivity index (χ2v) is 4.58. The molecule has 1 unspecified atom stereocenters. The molecule has 1 atom stereocenters. The summed E-state index contributed by atoms with van der Waals surface area (Å²) in [6, 6.07) is -0.389. The lowest BCUT2D eigenvalue weighted by atomic mass is 9.92. The normalized spacial score (nSPS) is 19.6. The van der Waals surface area contributed by atoms with Crippen molar-refractivity contribution in [3.63, 3.8) is 0 Å². The summed E-state index contributed by atoms with van der Waals surface area (Å²) in [4.78, 5) is 9.16. The third-order valence-corrected chi connectivity index (χ3v) is 3.34. The molecule has 4 nitrogen and oxygen atoms in total. The van der Waals surface area contributed by atoms with Gasteiger partial charge in [0, 0.05) is 5.57 Å². The van der Waals surface area contributed by atoms with Crippen LogP contribution in [-0.2, 0) is 0 Å². The van der Waals surface area contributed by atoms with Gasteiger partial charge in [-0.15, -0.1) is 0 Å². The topological polar surface area (TPSA) is 75.7 Å². The van der Waals surface area contributed by atoms with Gasteiger partial charge in [-0.1, -0.05) is 12.2 Å². The Labute approximate surface area is 106 Å². The molecule has 0 aliphatic heterocycles. The van der Waals surface area contributed by atoms with Gasteiger partial charge in [-0.05, 0) is 33.3 Å². The van der Waals surface area contributed by atoms with Gasteiger partial charge in [-0.2, -0.15) is 0 Å². The fourth-order valence-corrected chi connectivity index (χ4v) is 2.06. The summed E-state index contributed by atoms with van der Waals surface area (Å²) < 4.78 is 0. The quantitative estimate of drug-likeness (QED) is 0.746. The molecule has 3 N–H and O–H groups in total. The minimum atomic E-state index is -0.389. The van der Waals surface area contributed by atoms with Gasteiger partial charge < -0.3 is 11.1 Å². The molecule has 0 spiro atoms. The molecular formula is C14H18N4. The highest BCUT2D eigenvalue weighted by Crippen LogP contribution is 2.11. The van der Waals surface area contributed by atoms with Crippen molar-refractivity contribution in [1.82, 2.24) is 9.97 Å². The predicted molar refractivity (Wildman–Crippen MR) is 73.8 cm³/mol. The van der Waals surface area contributed by atoms with E-state index in [1.54, 1.807) is 0 Å². The van der Waals surface area contributed by atoms with E-state index in [-0.39, 0.29) is 6.04 Å². The number of aromatic nitrogens is 2. The first-order chi connectivity index (χ1) is 8.47. The molecule has 0 saturated heterocycles. The maximum atomic E-state index is 8.14. The molecule has 1 aromatic rings. The fraction of sp³-hybridized carbons (Fsp3) is 0.357. The smallest absolute Gasteiger partial charge is 0.0981 e. The Morgan fingerprint density at radius 1 is 1.11 bits per heavy atom. The van der Waals surface area contributed by atoms with Crippen LogP contribution in [0.5, 0.6) is 0 Å². The van der Waals surface area contributed by atoms with Crippen molar-refractivity contribution in [2.75, 3.05) is 0 Å². The van der Waals surface area contributed by atoms with Crippen LogP contribution in [0.4, 0.5) is 0 Å². The number of nitrogens with zero attached hydrogens (tertiary/aromatic N) is 2. The third-order valence-electron chi connectivity index (χ3n) is 3.34. The van der Waals surface area contributed by atoms with E-state index < -0.39 is 0 Å². The molecule has 0 aromatic carbocycles. The molecule has 1 aliphatic rings. The second kappa shape index (κ2) is 4.46. The van der Waals surface area contributed by atoms with E-state index in [1.807, 2.05) is 39.8 Å². The van der Waals surface area contributed by atoms with Gasteiger partial charge in [0.15, 0.2) is 0 Å². The highest BCUT2D eigenvalue weighted by molar-refractivity contribution is 6.26. The standard InChI is InChI=1S/C14H18N4/c1-5-6-10-12(16)11(15)7(2)13-14(10)18-9(4)8(3)17-13/h5-6,11,16H,15H2,1-4H3/b6-5+,16-12?. The van der Waals surface area contributed by atoms with Crippen LogP contribution in [0, 0.1) is 19.3 Å². The zero-order valence-electron chi connectivity index (χ0n) is 11.2. The van der Waals surface area contributed by atoms with Crippen LogP contribution in [0.25, 0.3) is 11.1 Å². The SMILES string of the molecule is C/C=C/C1=c2nc(C)c(C)nc2=C(C)C(N)C1=N. The van der Waals surface area contributed by atoms with Crippen molar-refractivity contribution >= 4 is 16.9 Å². The van der Waals surface area contributed by atoms with Gasteiger partial charge in [0.05, 0.1) is 33.8 Å². The average molecular weight is 242 g/mol. The van der Waals surface area contributed by atoms with Crippen molar-refractivity contribution in [3.05, 3.63) is 34.2 Å². The van der Waals surface area contributed by atoms with E-state index in [9.17, 15) is 0 Å². The maximum absolute atomic E-state index is 8.14. The lowest BCUT2D eigenvalue weighted by Gasteiger charge is -2.19. The molecule has 2 rings (SSSR count). The monoisotopic (exact) mass is 242 g/mol. The Morgan fingerprint density at radius 2 is 1.67 bits per heavy atom. The number of hydrogen-bond donors (Lipinski definition) is 2. The van der Waals surface area contributed by atoms with Crippen molar-refractivity contribution in [3.8, 4) is 0 Å². The predicted octanol–water partition coefficient (Wildman–Crippen LogP) is 0.352. The Kier molecular flexibility index (Phi) is 3.13. The molecule has 1 aliphatic carbocycles. The molecule has 4 heteroatoms. The molecule has 0 fully saturated rings. The van der Waals surface area contributed by atoms with Crippen LogP contribution in [0.15, 0.2) is 12.2 Å². The Balaban J connectivity index is 3.02. The van der Waals surface area contributed by atoms with Crippen LogP contribution in [0.2, 0.25) is 0 Å². The molecular weight excluding hydrogens is 224 g/mol. The minimum absolute atomic E-state index is 0.389. The van der Waals surface area contributed by atoms with Crippen LogP contribution in [0.1, 0.15) is 25.2 Å². The van der Waals surface area contributed by atoms with Crippen molar-refractivity contribution < 1.29 is 0 Å². The van der Waals surface area contributed by atoms with Gasteiger partial charge in [-0.3, -0.25) is 0 Å². The Morgan fingerprint density at radius 3 is 2.22 bits per heavy atom. The molecule has 1 heterocycles. The first-order valence-corrected chi connectivity index (χ1v) is 6.00. The highest BCUT2D eigenvalue weighted by Gasteiger charge is 2.22. The lowest BCUT2D eigenvalue weighted by Crippen LogP contribution is -2.49. The molecule has 94 valence electrons. The van der Waals surface area contributed by atoms with Gasteiger partial charge in [0.25, 0.3) is 0 Å². The van der Waals surface area contributed by atoms with Crippen molar-refractivity contribution in [1.29, 1.82) is 5.41 Å². The van der Waals surface area contributed by atoms with Crippen LogP contribution in [-0.4, -0.2) is 21.7 Å². The summed E-state index contributed by atoms with van der Waals surface area (Å²) >= 11 is 0. The average Bonchev–Trinajstić information content (AvgIpc) is 2.35. The lowest BCUT2D eigenvalue weighted by molar-refractivity contribution is 0.942. The van der Waals surface area contributed by atoms with E-state index >= 15 is 0 Å². The summed E-state index contributed by atoms with van der Waals surface area (Å²) in [5.74, 6) is 0. The van der Waals surface area contributed by atoms with Gasteiger partial charge in [-0.25, -0.2) is 9.97 Å².